The SMILES string of the molecule is C#CCNC(=NCc1nnc(C)n1C)NCCc1cccs1. The van der Waals surface area contributed by atoms with E-state index in [0.717, 1.165) is 24.6 Å². The van der Waals surface area contributed by atoms with Gasteiger partial charge in [0.05, 0.1) is 6.54 Å². The highest BCUT2D eigenvalue weighted by Crippen LogP contribution is 2.08. The normalized spacial score (nSPS) is 11.2. The number of terminal acetylenes is 1. The number of guanidine groups is 1. The maximum absolute atomic E-state index is 5.30. The highest BCUT2D eigenvalue weighted by atomic mass is 32.1. The Hall–Kier alpha value is -2.33. The number of hydrogen-bond acceptors (Lipinski definition) is 4. The molecular formula is C15H20N6S. The molecule has 22 heavy (non-hydrogen) atoms. The van der Waals surface area contributed by atoms with E-state index >= 15 is 0 Å². The number of thiophene rings is 1. The Kier molecular flexibility index (Phi) is 5.98. The number of nitrogens with one attached hydrogen (secondary N) is 2. The van der Waals surface area contributed by atoms with E-state index in [0.29, 0.717) is 19.0 Å². The molecule has 0 aromatic carbocycles. The minimum Gasteiger partial charge on any atom is -0.356 e. The molecule has 0 aliphatic heterocycles. The van der Waals surface area contributed by atoms with Gasteiger partial charge in [-0.05, 0) is 24.8 Å². The summed E-state index contributed by atoms with van der Waals surface area (Å²) in [4.78, 5) is 5.84. The Morgan fingerprint density at radius 3 is 2.95 bits per heavy atom. The molecule has 7 heteroatoms. The Morgan fingerprint density at radius 1 is 1.45 bits per heavy atom. The lowest BCUT2D eigenvalue weighted by molar-refractivity contribution is 0.758. The summed E-state index contributed by atoms with van der Waals surface area (Å²) >= 11 is 1.75. The summed E-state index contributed by atoms with van der Waals surface area (Å²) < 4.78 is 1.92. The second-order valence-electron chi connectivity index (χ2n) is 4.70. The van der Waals surface area contributed by atoms with Gasteiger partial charge in [-0.3, -0.25) is 0 Å². The summed E-state index contributed by atoms with van der Waals surface area (Å²) in [6, 6.07) is 4.18. The number of aliphatic imine (C=N–C) groups is 1. The molecule has 0 saturated carbocycles. The Bertz CT molecular complexity index is 650. The zero-order valence-corrected chi connectivity index (χ0v) is 13.7. The van der Waals surface area contributed by atoms with Gasteiger partial charge < -0.3 is 15.2 Å². The highest BCUT2D eigenvalue weighted by molar-refractivity contribution is 7.09. The predicted molar refractivity (Wildman–Crippen MR) is 89.7 cm³/mol. The van der Waals surface area contributed by atoms with Gasteiger partial charge in [-0.15, -0.1) is 28.0 Å². The lowest BCUT2D eigenvalue weighted by Crippen LogP contribution is -2.38. The zero-order valence-electron chi connectivity index (χ0n) is 12.8. The molecule has 0 aliphatic rings. The second-order valence-corrected chi connectivity index (χ2v) is 5.73. The van der Waals surface area contributed by atoms with Gasteiger partial charge in [0.1, 0.15) is 12.4 Å². The lowest BCUT2D eigenvalue weighted by atomic mass is 10.3. The molecule has 6 nitrogen and oxygen atoms in total. The summed E-state index contributed by atoms with van der Waals surface area (Å²) in [7, 11) is 1.93. The van der Waals surface area contributed by atoms with E-state index in [1.54, 1.807) is 11.3 Å². The van der Waals surface area contributed by atoms with Crippen LogP contribution in [0.25, 0.3) is 0 Å². The summed E-state index contributed by atoms with van der Waals surface area (Å²) in [5, 5.41) is 16.6. The molecule has 0 unspecified atom stereocenters. The Labute approximate surface area is 134 Å². The Morgan fingerprint density at radius 2 is 2.32 bits per heavy atom. The number of rotatable bonds is 6. The second kappa shape index (κ2) is 8.20. The summed E-state index contributed by atoms with van der Waals surface area (Å²) in [6.45, 7) is 3.60. The van der Waals surface area contributed by atoms with Crippen LogP contribution >= 0.6 is 11.3 Å². The van der Waals surface area contributed by atoms with Crippen LogP contribution in [0.4, 0.5) is 0 Å². The van der Waals surface area contributed by atoms with E-state index in [-0.39, 0.29) is 0 Å². The fraction of sp³-hybridized carbons (Fsp3) is 0.400. The molecule has 2 aromatic heterocycles. The van der Waals surface area contributed by atoms with E-state index in [1.165, 1.54) is 4.88 Å². The molecule has 0 spiro atoms. The van der Waals surface area contributed by atoms with Gasteiger partial charge in [0, 0.05) is 18.5 Å². The maximum Gasteiger partial charge on any atom is 0.192 e. The molecule has 116 valence electrons. The third-order valence-corrected chi connectivity index (χ3v) is 4.10. The van der Waals surface area contributed by atoms with Gasteiger partial charge in [0.25, 0.3) is 0 Å². The first-order chi connectivity index (χ1) is 10.7. The predicted octanol–water partition coefficient (Wildman–Crippen LogP) is 1.10. The van der Waals surface area contributed by atoms with Gasteiger partial charge in [-0.2, -0.15) is 0 Å². The van der Waals surface area contributed by atoms with Crippen LogP contribution in [-0.2, 0) is 20.0 Å². The lowest BCUT2D eigenvalue weighted by Gasteiger charge is -2.10. The minimum atomic E-state index is 0.433. The van der Waals surface area contributed by atoms with E-state index < -0.39 is 0 Å². The van der Waals surface area contributed by atoms with E-state index in [1.807, 2.05) is 18.5 Å². The molecule has 0 bridgehead atoms. The fourth-order valence-electron chi connectivity index (χ4n) is 1.81. The van der Waals surface area contributed by atoms with Gasteiger partial charge in [0.15, 0.2) is 11.8 Å². The molecule has 2 N–H and O–H groups in total. The third-order valence-electron chi connectivity index (χ3n) is 3.16. The molecule has 0 fully saturated rings. The van der Waals surface area contributed by atoms with E-state index in [2.05, 4.69) is 49.3 Å². The van der Waals surface area contributed by atoms with Crippen molar-refractivity contribution in [2.45, 2.75) is 19.9 Å². The van der Waals surface area contributed by atoms with Crippen molar-refractivity contribution >= 4 is 17.3 Å². The smallest absolute Gasteiger partial charge is 0.192 e. The molecular weight excluding hydrogens is 296 g/mol. The standard InChI is InChI=1S/C15H20N6S/c1-4-8-16-15(17-9-7-13-6-5-10-22-13)18-11-14-20-19-12(2)21(14)3/h1,5-6,10H,7-9,11H2,2-3H3,(H2,16,17,18). The van der Waals surface area contributed by atoms with Crippen molar-refractivity contribution < 1.29 is 0 Å². The number of aromatic nitrogens is 3. The van der Waals surface area contributed by atoms with Gasteiger partial charge >= 0.3 is 0 Å². The van der Waals surface area contributed by atoms with Crippen LogP contribution in [0.3, 0.4) is 0 Å². The first-order valence-corrected chi connectivity index (χ1v) is 7.91. The topological polar surface area (TPSA) is 67.1 Å². The van der Waals surface area contributed by atoms with Crippen LogP contribution in [0.2, 0.25) is 0 Å². The van der Waals surface area contributed by atoms with Crippen molar-refractivity contribution in [2.24, 2.45) is 12.0 Å². The molecule has 0 radical (unpaired) electrons. The molecule has 2 rings (SSSR count). The summed E-state index contributed by atoms with van der Waals surface area (Å²) in [5.41, 5.74) is 0. The Balaban J connectivity index is 1.91. The average molecular weight is 316 g/mol. The van der Waals surface area contributed by atoms with E-state index in [9.17, 15) is 0 Å². The van der Waals surface area contributed by atoms with Gasteiger partial charge in [-0.25, -0.2) is 4.99 Å². The molecule has 0 amide bonds. The first-order valence-electron chi connectivity index (χ1n) is 7.03. The minimum absolute atomic E-state index is 0.433. The molecule has 0 saturated heterocycles. The molecule has 2 heterocycles. The van der Waals surface area contributed by atoms with Crippen molar-refractivity contribution in [3.8, 4) is 12.3 Å². The van der Waals surface area contributed by atoms with Crippen LogP contribution in [0, 0.1) is 19.3 Å². The van der Waals surface area contributed by atoms with Crippen molar-refractivity contribution in [3.63, 3.8) is 0 Å². The van der Waals surface area contributed by atoms with Crippen LogP contribution in [-0.4, -0.2) is 33.8 Å². The van der Waals surface area contributed by atoms with Crippen molar-refractivity contribution in [3.05, 3.63) is 34.0 Å². The van der Waals surface area contributed by atoms with Crippen LogP contribution in [0.15, 0.2) is 22.5 Å². The number of hydrogen-bond donors (Lipinski definition) is 2. The maximum atomic E-state index is 5.30. The molecule has 0 aliphatic carbocycles. The quantitative estimate of drug-likeness (QED) is 0.476. The van der Waals surface area contributed by atoms with Gasteiger partial charge in [-0.1, -0.05) is 12.0 Å². The van der Waals surface area contributed by atoms with Crippen molar-refractivity contribution in [1.82, 2.24) is 25.4 Å². The largest absolute Gasteiger partial charge is 0.356 e. The van der Waals surface area contributed by atoms with Crippen LogP contribution < -0.4 is 10.6 Å². The van der Waals surface area contributed by atoms with Crippen LogP contribution in [0.5, 0.6) is 0 Å². The summed E-state index contributed by atoms with van der Waals surface area (Å²) in [6.07, 6.45) is 6.25. The highest BCUT2D eigenvalue weighted by Gasteiger charge is 2.05. The third kappa shape index (κ3) is 4.60. The molecule has 2 aromatic rings. The van der Waals surface area contributed by atoms with Crippen LogP contribution in [0.1, 0.15) is 16.5 Å². The first kappa shape index (κ1) is 16.0. The average Bonchev–Trinajstić information content (AvgIpc) is 3.14. The van der Waals surface area contributed by atoms with E-state index in [4.69, 9.17) is 6.42 Å². The van der Waals surface area contributed by atoms with Crippen molar-refractivity contribution in [2.75, 3.05) is 13.1 Å². The van der Waals surface area contributed by atoms with Crippen molar-refractivity contribution in [1.29, 1.82) is 0 Å². The number of aryl methyl sites for hydroxylation is 1. The summed E-state index contributed by atoms with van der Waals surface area (Å²) in [5.74, 6) is 4.93. The van der Waals surface area contributed by atoms with Gasteiger partial charge in [0.2, 0.25) is 0 Å². The molecule has 0 atom stereocenters. The zero-order chi connectivity index (χ0) is 15.8. The number of nitrogens with zero attached hydrogens (tertiary/aromatic N) is 4. The monoisotopic (exact) mass is 316 g/mol. The fourth-order valence-corrected chi connectivity index (χ4v) is 2.52.